The van der Waals surface area contributed by atoms with Crippen LogP contribution in [-0.4, -0.2) is 11.9 Å². The van der Waals surface area contributed by atoms with Gasteiger partial charge < -0.3 is 9.47 Å². The fraction of sp³-hybridized carbons (Fsp3) is 0.355. The zero-order chi connectivity index (χ0) is 24.8. The normalized spacial score (nSPS) is 13.7. The Kier molecular flexibility index (Phi) is 8.02. The van der Waals surface area contributed by atoms with Crippen LogP contribution < -0.4 is 9.47 Å². The van der Waals surface area contributed by atoms with E-state index in [9.17, 15) is 9.59 Å². The van der Waals surface area contributed by atoms with E-state index in [4.69, 9.17) is 9.47 Å². The highest BCUT2D eigenvalue weighted by atomic mass is 16.6. The molecule has 0 N–H and O–H groups in total. The first-order valence-electron chi connectivity index (χ1n) is 12.7. The van der Waals surface area contributed by atoms with Gasteiger partial charge >= 0.3 is 11.9 Å². The second kappa shape index (κ2) is 11.4. The van der Waals surface area contributed by atoms with Crippen LogP contribution in [0.5, 0.6) is 11.5 Å². The van der Waals surface area contributed by atoms with E-state index in [0.29, 0.717) is 28.5 Å². The molecule has 3 aromatic rings. The van der Waals surface area contributed by atoms with Gasteiger partial charge in [0.15, 0.2) is 11.5 Å². The maximum atomic E-state index is 13.2. The van der Waals surface area contributed by atoms with Gasteiger partial charge in [0.25, 0.3) is 0 Å². The van der Waals surface area contributed by atoms with Gasteiger partial charge in [0.1, 0.15) is 0 Å². The van der Waals surface area contributed by atoms with Gasteiger partial charge in [-0.1, -0.05) is 82.5 Å². The Hall–Kier alpha value is -3.40. The van der Waals surface area contributed by atoms with Gasteiger partial charge in [0.2, 0.25) is 0 Å². The summed E-state index contributed by atoms with van der Waals surface area (Å²) < 4.78 is 12.2. The molecule has 1 aliphatic carbocycles. The molecule has 0 unspecified atom stereocenters. The van der Waals surface area contributed by atoms with E-state index in [2.05, 4.69) is 26.8 Å². The molecule has 4 heteroatoms. The maximum absolute atomic E-state index is 13.2. The van der Waals surface area contributed by atoms with Crippen LogP contribution in [0.15, 0.2) is 66.7 Å². The lowest BCUT2D eigenvalue weighted by molar-refractivity contribution is 0.0679. The Labute approximate surface area is 208 Å². The van der Waals surface area contributed by atoms with Crippen molar-refractivity contribution in [2.75, 3.05) is 0 Å². The third-order valence-corrected chi connectivity index (χ3v) is 6.68. The van der Waals surface area contributed by atoms with Gasteiger partial charge in [0, 0.05) is 5.56 Å². The molecule has 0 bridgehead atoms. The molecule has 35 heavy (non-hydrogen) atoms. The molecular weight excluding hydrogens is 436 g/mol. The molecule has 1 fully saturated rings. The fourth-order valence-corrected chi connectivity index (χ4v) is 5.02. The topological polar surface area (TPSA) is 52.6 Å². The number of carbonyl (C=O) groups excluding carboxylic acids is 2. The average Bonchev–Trinajstić information content (AvgIpc) is 3.41. The van der Waals surface area contributed by atoms with Gasteiger partial charge in [-0.05, 0) is 66.5 Å². The molecule has 0 atom stereocenters. The first-order chi connectivity index (χ1) is 17.0. The smallest absolute Gasteiger partial charge is 0.343 e. The lowest BCUT2D eigenvalue weighted by atomic mass is 9.84. The number of rotatable bonds is 8. The fourth-order valence-electron chi connectivity index (χ4n) is 5.02. The minimum Gasteiger partial charge on any atom is -0.419 e. The highest BCUT2D eigenvalue weighted by molar-refractivity contribution is 5.94. The number of carbonyl (C=O) groups is 2. The molecular formula is C31H34O4. The summed E-state index contributed by atoms with van der Waals surface area (Å²) in [7, 11) is 0. The van der Waals surface area contributed by atoms with Gasteiger partial charge in [-0.2, -0.15) is 0 Å². The number of hydrogen-bond donors (Lipinski definition) is 0. The number of ether oxygens (including phenoxy) is 2. The Balaban J connectivity index is 1.87. The van der Waals surface area contributed by atoms with Crippen molar-refractivity contribution in [3.05, 3.63) is 94.5 Å². The van der Waals surface area contributed by atoms with Crippen molar-refractivity contribution in [2.24, 2.45) is 0 Å². The van der Waals surface area contributed by atoms with Crippen molar-refractivity contribution in [1.82, 2.24) is 0 Å². The molecule has 4 rings (SSSR count). The van der Waals surface area contributed by atoms with Crippen LogP contribution in [0.2, 0.25) is 0 Å². The molecule has 4 nitrogen and oxygen atoms in total. The number of benzene rings is 3. The predicted octanol–water partition coefficient (Wildman–Crippen LogP) is 7.86. The first kappa shape index (κ1) is 24.7. The van der Waals surface area contributed by atoms with Crippen LogP contribution in [0, 0.1) is 0 Å². The largest absolute Gasteiger partial charge is 0.419 e. The molecule has 0 heterocycles. The van der Waals surface area contributed by atoms with Crippen LogP contribution in [-0.2, 0) is 6.42 Å². The van der Waals surface area contributed by atoms with E-state index >= 15 is 0 Å². The lowest BCUT2D eigenvalue weighted by Crippen LogP contribution is -2.17. The van der Waals surface area contributed by atoms with Crippen molar-refractivity contribution >= 4 is 11.9 Å². The third-order valence-electron chi connectivity index (χ3n) is 6.68. The Morgan fingerprint density at radius 1 is 0.829 bits per heavy atom. The Morgan fingerprint density at radius 2 is 1.34 bits per heavy atom. The standard InChI is InChI=1S/C31H34O4/c1-4-13-25-20-26(22-14-11-12-15-22)27(21(2)3)29(35-31(33)24-18-9-6-10-19-24)28(25)34-30(32)23-16-7-5-8-17-23/h5-10,16-22H,4,11-15H2,1-3H3. The molecule has 182 valence electrons. The minimum absolute atomic E-state index is 0.0917. The summed E-state index contributed by atoms with van der Waals surface area (Å²) >= 11 is 0. The van der Waals surface area contributed by atoms with Gasteiger partial charge in [-0.25, -0.2) is 9.59 Å². The van der Waals surface area contributed by atoms with Crippen molar-refractivity contribution in [3.63, 3.8) is 0 Å². The Morgan fingerprint density at radius 3 is 1.83 bits per heavy atom. The van der Waals surface area contributed by atoms with Crippen molar-refractivity contribution in [3.8, 4) is 11.5 Å². The second-order valence-electron chi connectivity index (χ2n) is 9.59. The summed E-state index contributed by atoms with van der Waals surface area (Å²) in [5, 5.41) is 0. The molecule has 3 aromatic carbocycles. The summed E-state index contributed by atoms with van der Waals surface area (Å²) in [5.74, 6) is 0.380. The van der Waals surface area contributed by atoms with Crippen molar-refractivity contribution < 1.29 is 19.1 Å². The zero-order valence-corrected chi connectivity index (χ0v) is 20.9. The monoisotopic (exact) mass is 470 g/mol. The quantitative estimate of drug-likeness (QED) is 0.248. The van der Waals surface area contributed by atoms with Gasteiger partial charge in [0.05, 0.1) is 11.1 Å². The predicted molar refractivity (Wildman–Crippen MR) is 139 cm³/mol. The third kappa shape index (κ3) is 5.64. The highest BCUT2D eigenvalue weighted by Crippen LogP contribution is 2.48. The Bertz CT molecular complexity index is 1160. The molecule has 0 aromatic heterocycles. The molecule has 0 saturated heterocycles. The molecule has 0 radical (unpaired) electrons. The summed E-state index contributed by atoms with van der Waals surface area (Å²) in [6, 6.07) is 20.1. The molecule has 1 aliphatic rings. The van der Waals surface area contributed by atoms with Gasteiger partial charge in [-0.15, -0.1) is 0 Å². The highest BCUT2D eigenvalue weighted by Gasteiger charge is 2.30. The van der Waals surface area contributed by atoms with E-state index < -0.39 is 11.9 Å². The molecule has 0 spiro atoms. The molecule has 1 saturated carbocycles. The maximum Gasteiger partial charge on any atom is 0.343 e. The van der Waals surface area contributed by atoms with Crippen LogP contribution in [0.1, 0.15) is 102 Å². The van der Waals surface area contributed by atoms with Crippen molar-refractivity contribution in [2.45, 2.75) is 71.1 Å². The minimum atomic E-state index is -0.455. The molecule has 0 aliphatic heterocycles. The summed E-state index contributed by atoms with van der Waals surface area (Å²) in [5.41, 5.74) is 4.04. The number of esters is 2. The van der Waals surface area contributed by atoms with Crippen LogP contribution in [0.25, 0.3) is 0 Å². The number of aryl methyl sites for hydroxylation is 1. The summed E-state index contributed by atoms with van der Waals surface area (Å²) in [6.45, 7) is 6.32. The SMILES string of the molecule is CCCc1cc(C2CCCC2)c(C(C)C)c(OC(=O)c2ccccc2)c1OC(=O)c1ccccc1. The van der Waals surface area contributed by atoms with Crippen LogP contribution in [0.3, 0.4) is 0 Å². The van der Waals surface area contributed by atoms with Crippen molar-refractivity contribution in [1.29, 1.82) is 0 Å². The van der Waals surface area contributed by atoms with Crippen LogP contribution in [0.4, 0.5) is 0 Å². The second-order valence-corrected chi connectivity index (χ2v) is 9.59. The summed E-state index contributed by atoms with van der Waals surface area (Å²) in [6.07, 6.45) is 6.27. The lowest BCUT2D eigenvalue weighted by Gasteiger charge is -2.26. The average molecular weight is 471 g/mol. The van der Waals surface area contributed by atoms with Crippen LogP contribution >= 0.6 is 0 Å². The number of hydrogen-bond acceptors (Lipinski definition) is 4. The first-order valence-corrected chi connectivity index (χ1v) is 12.7. The van der Waals surface area contributed by atoms with E-state index in [0.717, 1.165) is 36.8 Å². The van der Waals surface area contributed by atoms with E-state index in [1.165, 1.54) is 18.4 Å². The summed E-state index contributed by atoms with van der Waals surface area (Å²) in [4.78, 5) is 26.4. The van der Waals surface area contributed by atoms with E-state index in [1.807, 2.05) is 36.4 Å². The van der Waals surface area contributed by atoms with Gasteiger partial charge in [-0.3, -0.25) is 0 Å². The van der Waals surface area contributed by atoms with E-state index in [1.54, 1.807) is 24.3 Å². The molecule has 0 amide bonds. The van der Waals surface area contributed by atoms with E-state index in [-0.39, 0.29) is 5.92 Å². The zero-order valence-electron chi connectivity index (χ0n) is 20.9.